The highest BCUT2D eigenvalue weighted by atomic mass is 16.7. The standard InChI is InChI=1S/C37H64O17/c1-12-19(7)29(33(44)49-17-25(41)27(43)26(42)24(40)16-38)51-35(46)31(21(9)14-3)53-37(48)32(22(10)15-4)54-36(47)30(20(8)13-2)52-34(45)28(18(5)6)50-23(11)39/h18-22,24-32,38,40-43H,12-17H2,1-11H3. The highest BCUT2D eigenvalue weighted by molar-refractivity contribution is 5.87. The lowest BCUT2D eigenvalue weighted by atomic mass is 9.98. The van der Waals surface area contributed by atoms with Gasteiger partial charge in [-0.15, -0.1) is 0 Å². The van der Waals surface area contributed by atoms with E-state index in [0.29, 0.717) is 25.7 Å². The highest BCUT2D eigenvalue weighted by Gasteiger charge is 2.42. The van der Waals surface area contributed by atoms with E-state index in [9.17, 15) is 49.2 Å². The summed E-state index contributed by atoms with van der Waals surface area (Å²) in [5, 5.41) is 48.6. The van der Waals surface area contributed by atoms with Gasteiger partial charge >= 0.3 is 35.8 Å². The predicted octanol–water partition coefficient (Wildman–Crippen LogP) is 1.38. The SMILES string of the molecule is CCC(C)C(OC(=O)C(OC(C)=O)C(C)C)C(=O)OC(C(=O)OC(C(=O)OC(C(=O)OCC(O)C(O)C(O)C(O)CO)C(C)CC)C(C)CC)C(C)CC. The number of esters is 6. The molecule has 0 aromatic carbocycles. The normalized spacial score (nSPS) is 18.8. The van der Waals surface area contributed by atoms with Gasteiger partial charge in [0, 0.05) is 36.5 Å². The Morgan fingerprint density at radius 2 is 0.759 bits per heavy atom. The third kappa shape index (κ3) is 15.8. The summed E-state index contributed by atoms with van der Waals surface area (Å²) in [6, 6.07) is 0. The molecule has 0 fully saturated rings. The van der Waals surface area contributed by atoms with Crippen LogP contribution >= 0.6 is 0 Å². The number of aliphatic hydroxyl groups excluding tert-OH is 5. The maximum atomic E-state index is 13.7. The fourth-order valence-corrected chi connectivity index (χ4v) is 4.76. The fourth-order valence-electron chi connectivity index (χ4n) is 4.76. The molecule has 54 heavy (non-hydrogen) atoms. The largest absolute Gasteiger partial charge is 0.460 e. The number of ether oxygens (including phenoxy) is 6. The second-order valence-electron chi connectivity index (χ2n) is 14.2. The van der Waals surface area contributed by atoms with Crippen LogP contribution in [-0.2, 0) is 57.2 Å². The van der Waals surface area contributed by atoms with Crippen LogP contribution in [0.4, 0.5) is 0 Å². The van der Waals surface area contributed by atoms with Crippen molar-refractivity contribution in [2.45, 2.75) is 157 Å². The van der Waals surface area contributed by atoms with Crippen LogP contribution in [0.1, 0.15) is 102 Å². The van der Waals surface area contributed by atoms with Crippen LogP contribution in [-0.4, -0.2) is 129 Å². The molecule has 0 amide bonds. The van der Waals surface area contributed by atoms with Gasteiger partial charge in [0.25, 0.3) is 0 Å². The first-order chi connectivity index (χ1) is 25.1. The van der Waals surface area contributed by atoms with Crippen molar-refractivity contribution in [3.05, 3.63) is 0 Å². The maximum Gasteiger partial charge on any atom is 0.348 e. The first-order valence-corrected chi connectivity index (χ1v) is 18.6. The van der Waals surface area contributed by atoms with Gasteiger partial charge in [-0.3, -0.25) is 4.79 Å². The molecular formula is C37H64O17. The van der Waals surface area contributed by atoms with E-state index in [1.54, 1.807) is 69.2 Å². The number of carbonyl (C=O) groups excluding carboxylic acids is 6. The molecule has 0 rings (SSSR count). The van der Waals surface area contributed by atoms with Gasteiger partial charge in [0.1, 0.15) is 31.0 Å². The Hall–Kier alpha value is -3.38. The fraction of sp³-hybridized carbons (Fsp3) is 0.838. The van der Waals surface area contributed by atoms with Gasteiger partial charge in [-0.25, -0.2) is 24.0 Å². The summed E-state index contributed by atoms with van der Waals surface area (Å²) in [5.41, 5.74) is 0. The monoisotopic (exact) mass is 780 g/mol. The van der Waals surface area contributed by atoms with E-state index in [4.69, 9.17) is 33.5 Å². The van der Waals surface area contributed by atoms with Crippen LogP contribution in [0.15, 0.2) is 0 Å². The third-order valence-corrected chi connectivity index (χ3v) is 9.40. The van der Waals surface area contributed by atoms with Crippen LogP contribution in [0.5, 0.6) is 0 Å². The molecule has 0 heterocycles. The molecule has 0 aromatic rings. The van der Waals surface area contributed by atoms with Gasteiger partial charge in [0.2, 0.25) is 30.5 Å². The zero-order valence-electron chi connectivity index (χ0n) is 33.5. The summed E-state index contributed by atoms with van der Waals surface area (Å²) < 4.78 is 32.5. The van der Waals surface area contributed by atoms with Crippen LogP contribution < -0.4 is 0 Å². The van der Waals surface area contributed by atoms with Crippen molar-refractivity contribution in [3.63, 3.8) is 0 Å². The Morgan fingerprint density at radius 1 is 0.463 bits per heavy atom. The molecule has 0 aliphatic heterocycles. The first kappa shape index (κ1) is 50.6. The highest BCUT2D eigenvalue weighted by Crippen LogP contribution is 2.24. The van der Waals surface area contributed by atoms with E-state index in [1.807, 2.05) is 0 Å². The molecule has 0 saturated heterocycles. The van der Waals surface area contributed by atoms with Gasteiger partial charge < -0.3 is 54.0 Å². The summed E-state index contributed by atoms with van der Waals surface area (Å²) in [5.74, 6) is -9.11. The van der Waals surface area contributed by atoms with Crippen LogP contribution in [0, 0.1) is 29.6 Å². The molecule has 17 nitrogen and oxygen atoms in total. The lowest BCUT2D eigenvalue weighted by Crippen LogP contribution is -2.48. The molecule has 17 heteroatoms. The smallest absolute Gasteiger partial charge is 0.348 e. The van der Waals surface area contributed by atoms with E-state index in [-0.39, 0.29) is 0 Å². The molecule has 0 aliphatic carbocycles. The van der Waals surface area contributed by atoms with Gasteiger partial charge in [0.05, 0.1) is 6.61 Å². The molecule has 13 atom stereocenters. The first-order valence-electron chi connectivity index (χ1n) is 18.6. The minimum atomic E-state index is -2.00. The average Bonchev–Trinajstić information content (AvgIpc) is 3.14. The summed E-state index contributed by atoms with van der Waals surface area (Å²) in [6.45, 7) is 15.9. The van der Waals surface area contributed by atoms with E-state index in [0.717, 1.165) is 6.92 Å². The van der Waals surface area contributed by atoms with Gasteiger partial charge in [-0.1, -0.05) is 69.2 Å². The molecule has 5 N–H and O–H groups in total. The van der Waals surface area contributed by atoms with Gasteiger partial charge in [-0.2, -0.15) is 0 Å². The zero-order valence-corrected chi connectivity index (χ0v) is 33.5. The third-order valence-electron chi connectivity index (χ3n) is 9.40. The van der Waals surface area contributed by atoms with Crippen molar-refractivity contribution in [2.75, 3.05) is 13.2 Å². The second-order valence-corrected chi connectivity index (χ2v) is 14.2. The van der Waals surface area contributed by atoms with Crippen molar-refractivity contribution < 1.29 is 82.7 Å². The Bertz CT molecular complexity index is 1190. The number of hydrogen-bond acceptors (Lipinski definition) is 17. The molecule has 0 aliphatic rings. The molecule has 0 bridgehead atoms. The molecule has 0 spiro atoms. The van der Waals surface area contributed by atoms with Crippen LogP contribution in [0.25, 0.3) is 0 Å². The van der Waals surface area contributed by atoms with Crippen molar-refractivity contribution in [1.82, 2.24) is 0 Å². The molecular weight excluding hydrogens is 716 g/mol. The Labute approximate surface area is 317 Å². The van der Waals surface area contributed by atoms with Crippen molar-refractivity contribution in [3.8, 4) is 0 Å². The minimum absolute atomic E-state index is 0.302. The molecule has 314 valence electrons. The second kappa shape index (κ2) is 24.9. The van der Waals surface area contributed by atoms with Crippen LogP contribution in [0.2, 0.25) is 0 Å². The van der Waals surface area contributed by atoms with Crippen LogP contribution in [0.3, 0.4) is 0 Å². The molecule has 0 aromatic heterocycles. The lowest BCUT2D eigenvalue weighted by Gasteiger charge is -2.30. The van der Waals surface area contributed by atoms with Crippen molar-refractivity contribution in [2.24, 2.45) is 29.6 Å². The van der Waals surface area contributed by atoms with Gasteiger partial charge in [0.15, 0.2) is 0 Å². The summed E-state index contributed by atoms with van der Waals surface area (Å²) in [7, 11) is 0. The molecule has 0 saturated carbocycles. The minimum Gasteiger partial charge on any atom is -0.460 e. The quantitative estimate of drug-likeness (QED) is 0.0648. The average molecular weight is 781 g/mol. The van der Waals surface area contributed by atoms with Gasteiger partial charge in [-0.05, 0) is 25.7 Å². The molecule has 0 radical (unpaired) electrons. The molecule has 13 unspecified atom stereocenters. The van der Waals surface area contributed by atoms with E-state index in [2.05, 4.69) is 0 Å². The number of aliphatic hydroxyl groups is 5. The predicted molar refractivity (Wildman–Crippen MR) is 190 cm³/mol. The topological polar surface area (TPSA) is 259 Å². The Morgan fingerprint density at radius 3 is 1.04 bits per heavy atom. The number of carbonyl (C=O) groups is 6. The van der Waals surface area contributed by atoms with E-state index in [1.165, 1.54) is 0 Å². The zero-order chi connectivity index (χ0) is 42.0. The van der Waals surface area contributed by atoms with E-state index < -0.39 is 134 Å². The van der Waals surface area contributed by atoms with Crippen molar-refractivity contribution in [1.29, 1.82) is 0 Å². The summed E-state index contributed by atoms with van der Waals surface area (Å²) in [4.78, 5) is 78.6. The lowest BCUT2D eigenvalue weighted by molar-refractivity contribution is -0.197. The maximum absolute atomic E-state index is 13.7. The van der Waals surface area contributed by atoms with E-state index >= 15 is 0 Å². The Kier molecular flexibility index (Phi) is 23.4. The number of rotatable bonds is 25. The summed E-state index contributed by atoms with van der Waals surface area (Å²) in [6.07, 6.45) is -13.9. The number of hydrogen-bond donors (Lipinski definition) is 5. The summed E-state index contributed by atoms with van der Waals surface area (Å²) >= 11 is 0. The Balaban J connectivity index is 6.24. The van der Waals surface area contributed by atoms with Crippen molar-refractivity contribution >= 4 is 35.8 Å².